The maximum atomic E-state index is 5.68. The molecule has 5 heteroatoms. The molecule has 0 unspecified atom stereocenters. The van der Waals surface area contributed by atoms with E-state index in [2.05, 4.69) is 15.3 Å². The van der Waals surface area contributed by atoms with E-state index in [1.54, 1.807) is 6.33 Å². The van der Waals surface area contributed by atoms with Crippen LogP contribution in [0.25, 0.3) is 10.2 Å². The Hall–Kier alpha value is -1.20. The molecular formula is C15H19N3OS. The van der Waals surface area contributed by atoms with Crippen molar-refractivity contribution in [2.75, 3.05) is 19.0 Å². The van der Waals surface area contributed by atoms with Crippen molar-refractivity contribution in [1.82, 2.24) is 9.97 Å². The fourth-order valence-electron chi connectivity index (χ4n) is 3.33. The van der Waals surface area contributed by atoms with E-state index in [1.165, 1.54) is 41.5 Å². The number of ether oxygens (including phenoxy) is 1. The molecule has 1 saturated carbocycles. The zero-order valence-corrected chi connectivity index (χ0v) is 12.6. The summed E-state index contributed by atoms with van der Waals surface area (Å²) in [5.41, 5.74) is 1.50. The summed E-state index contributed by atoms with van der Waals surface area (Å²) in [5.74, 6) is 0.998. The first-order chi connectivity index (χ1) is 9.81. The first-order valence-corrected chi connectivity index (χ1v) is 8.17. The highest BCUT2D eigenvalue weighted by Gasteiger charge is 2.37. The lowest BCUT2D eigenvalue weighted by molar-refractivity contribution is -0.0601. The number of anilines is 1. The second kappa shape index (κ2) is 4.67. The van der Waals surface area contributed by atoms with Crippen LogP contribution in [0.4, 0.5) is 5.82 Å². The summed E-state index contributed by atoms with van der Waals surface area (Å²) >= 11 is 1.84. The van der Waals surface area contributed by atoms with Gasteiger partial charge in [0.15, 0.2) is 0 Å². The van der Waals surface area contributed by atoms with Crippen LogP contribution in [0.5, 0.6) is 0 Å². The minimum Gasteiger partial charge on any atom is -0.376 e. The number of fused-ring (bicyclic) bond motifs is 3. The van der Waals surface area contributed by atoms with Crippen molar-refractivity contribution in [2.24, 2.45) is 0 Å². The van der Waals surface area contributed by atoms with Gasteiger partial charge in [-0.3, -0.25) is 0 Å². The van der Waals surface area contributed by atoms with Crippen LogP contribution in [0.2, 0.25) is 0 Å². The third-order valence-corrected chi connectivity index (χ3v) is 5.98. The van der Waals surface area contributed by atoms with Crippen LogP contribution in [0, 0.1) is 0 Å². The molecule has 1 fully saturated rings. The van der Waals surface area contributed by atoms with Gasteiger partial charge in [0.2, 0.25) is 0 Å². The summed E-state index contributed by atoms with van der Waals surface area (Å²) < 4.78 is 5.68. The number of rotatable bonds is 4. The van der Waals surface area contributed by atoms with Crippen molar-refractivity contribution in [3.05, 3.63) is 16.8 Å². The molecule has 0 radical (unpaired) electrons. The monoisotopic (exact) mass is 289 g/mol. The van der Waals surface area contributed by atoms with Crippen molar-refractivity contribution in [3.8, 4) is 0 Å². The molecule has 1 N–H and O–H groups in total. The smallest absolute Gasteiger partial charge is 0.138 e. The van der Waals surface area contributed by atoms with E-state index in [9.17, 15) is 0 Å². The molecule has 0 aliphatic heterocycles. The number of hydrogen-bond acceptors (Lipinski definition) is 5. The summed E-state index contributed by atoms with van der Waals surface area (Å²) in [6.45, 7) is 0.847. The van der Waals surface area contributed by atoms with E-state index >= 15 is 0 Å². The molecule has 2 aliphatic carbocycles. The maximum absolute atomic E-state index is 5.68. The van der Waals surface area contributed by atoms with E-state index in [0.29, 0.717) is 0 Å². The van der Waals surface area contributed by atoms with Gasteiger partial charge in [-0.1, -0.05) is 0 Å². The zero-order chi connectivity index (χ0) is 13.6. The largest absolute Gasteiger partial charge is 0.376 e. The number of aryl methyl sites for hydroxylation is 2. The Morgan fingerprint density at radius 3 is 2.95 bits per heavy atom. The Morgan fingerprint density at radius 1 is 1.30 bits per heavy atom. The molecule has 0 amide bonds. The highest BCUT2D eigenvalue weighted by atomic mass is 32.1. The lowest BCUT2D eigenvalue weighted by Gasteiger charge is -2.40. The third kappa shape index (κ3) is 1.84. The van der Waals surface area contributed by atoms with Gasteiger partial charge in [-0.2, -0.15) is 0 Å². The van der Waals surface area contributed by atoms with Gasteiger partial charge in [-0.05, 0) is 44.1 Å². The van der Waals surface area contributed by atoms with Gasteiger partial charge in [0.1, 0.15) is 17.0 Å². The molecule has 0 aromatic carbocycles. The second-order valence-corrected chi connectivity index (χ2v) is 6.94. The van der Waals surface area contributed by atoms with Crippen molar-refractivity contribution >= 4 is 27.4 Å². The Balaban J connectivity index is 1.66. The quantitative estimate of drug-likeness (QED) is 0.939. The van der Waals surface area contributed by atoms with Crippen LogP contribution < -0.4 is 5.32 Å². The van der Waals surface area contributed by atoms with Crippen LogP contribution in [0.1, 0.15) is 36.1 Å². The van der Waals surface area contributed by atoms with Gasteiger partial charge >= 0.3 is 0 Å². The minimum atomic E-state index is 0.0243. The molecule has 0 atom stereocenters. The zero-order valence-electron chi connectivity index (χ0n) is 11.7. The SMILES string of the molecule is COC1(CNc2ncnc3sc4c(c23)CCC4)CCC1. The fraction of sp³-hybridized carbons (Fsp3) is 0.600. The fourth-order valence-corrected chi connectivity index (χ4v) is 4.56. The van der Waals surface area contributed by atoms with Crippen molar-refractivity contribution in [2.45, 2.75) is 44.1 Å². The maximum Gasteiger partial charge on any atom is 0.138 e. The molecule has 0 saturated heterocycles. The summed E-state index contributed by atoms with van der Waals surface area (Å²) in [7, 11) is 1.82. The van der Waals surface area contributed by atoms with E-state index < -0.39 is 0 Å². The molecular weight excluding hydrogens is 270 g/mol. The molecule has 2 aromatic rings. The highest BCUT2D eigenvalue weighted by molar-refractivity contribution is 7.19. The molecule has 2 aromatic heterocycles. The van der Waals surface area contributed by atoms with E-state index in [1.807, 2.05) is 18.4 Å². The molecule has 0 bridgehead atoms. The first kappa shape index (κ1) is 12.5. The lowest BCUT2D eigenvalue weighted by Crippen LogP contribution is -2.45. The summed E-state index contributed by atoms with van der Waals surface area (Å²) in [6, 6.07) is 0. The van der Waals surface area contributed by atoms with Gasteiger partial charge < -0.3 is 10.1 Å². The standard InChI is InChI=1S/C15H19N3OS/c1-19-15(6-3-7-15)8-16-13-12-10-4-2-5-11(10)20-14(12)18-9-17-13/h9H,2-8H2,1H3,(H,16,17,18). The Bertz CT molecular complexity index is 642. The summed E-state index contributed by atoms with van der Waals surface area (Å²) in [5, 5.41) is 4.79. The Morgan fingerprint density at radius 2 is 2.20 bits per heavy atom. The molecule has 4 nitrogen and oxygen atoms in total. The first-order valence-electron chi connectivity index (χ1n) is 7.36. The Labute approximate surface area is 122 Å². The van der Waals surface area contributed by atoms with Crippen molar-refractivity contribution < 1.29 is 4.74 Å². The number of aromatic nitrogens is 2. The van der Waals surface area contributed by atoms with Crippen molar-refractivity contribution in [3.63, 3.8) is 0 Å². The van der Waals surface area contributed by atoms with Gasteiger partial charge in [0.25, 0.3) is 0 Å². The van der Waals surface area contributed by atoms with E-state index in [-0.39, 0.29) is 5.60 Å². The predicted molar refractivity (Wildman–Crippen MR) is 81.5 cm³/mol. The number of nitrogens with zero attached hydrogens (tertiary/aromatic N) is 2. The molecule has 106 valence electrons. The van der Waals surface area contributed by atoms with Crippen LogP contribution in [0.3, 0.4) is 0 Å². The average molecular weight is 289 g/mol. The summed E-state index contributed by atoms with van der Waals surface area (Å²) in [4.78, 5) is 11.6. The highest BCUT2D eigenvalue weighted by Crippen LogP contribution is 2.40. The predicted octanol–water partition coefficient (Wildman–Crippen LogP) is 3.16. The van der Waals surface area contributed by atoms with Crippen molar-refractivity contribution in [1.29, 1.82) is 0 Å². The molecule has 2 heterocycles. The second-order valence-electron chi connectivity index (χ2n) is 5.85. The van der Waals surface area contributed by atoms with Gasteiger partial charge in [-0.15, -0.1) is 11.3 Å². The lowest BCUT2D eigenvalue weighted by atomic mass is 9.80. The number of thiophene rings is 1. The van der Waals surface area contributed by atoms with E-state index in [0.717, 1.165) is 30.0 Å². The molecule has 2 aliphatic rings. The molecule has 0 spiro atoms. The normalized spacial score (nSPS) is 19.9. The van der Waals surface area contributed by atoms with Gasteiger partial charge in [0.05, 0.1) is 11.0 Å². The van der Waals surface area contributed by atoms with E-state index in [4.69, 9.17) is 4.74 Å². The molecule has 4 rings (SSSR count). The molecule has 20 heavy (non-hydrogen) atoms. The topological polar surface area (TPSA) is 47.0 Å². The minimum absolute atomic E-state index is 0.0243. The van der Waals surface area contributed by atoms with Crippen LogP contribution in [-0.2, 0) is 17.6 Å². The summed E-state index contributed by atoms with van der Waals surface area (Å²) in [6.07, 6.45) is 8.89. The van der Waals surface area contributed by atoms with Crippen LogP contribution in [0.15, 0.2) is 6.33 Å². The number of hydrogen-bond donors (Lipinski definition) is 1. The van der Waals surface area contributed by atoms with Crippen LogP contribution >= 0.6 is 11.3 Å². The van der Waals surface area contributed by atoms with Gasteiger partial charge in [-0.25, -0.2) is 9.97 Å². The number of nitrogens with one attached hydrogen (secondary N) is 1. The average Bonchev–Trinajstić information content (AvgIpc) is 2.98. The van der Waals surface area contributed by atoms with Crippen LogP contribution in [-0.4, -0.2) is 29.2 Å². The van der Waals surface area contributed by atoms with Gasteiger partial charge in [0, 0.05) is 18.5 Å². The number of methoxy groups -OCH3 is 1. The Kier molecular flexibility index (Phi) is 2.93. The third-order valence-electron chi connectivity index (χ3n) is 4.78.